The highest BCUT2D eigenvalue weighted by Gasteiger charge is 2.05. The van der Waals surface area contributed by atoms with E-state index >= 15 is 0 Å². The third kappa shape index (κ3) is 3.66. The predicted molar refractivity (Wildman–Crippen MR) is 63.5 cm³/mol. The number of amides is 1. The topological polar surface area (TPSA) is 49.3 Å². The first-order valence-electron chi connectivity index (χ1n) is 4.59. The van der Waals surface area contributed by atoms with Gasteiger partial charge in [-0.2, -0.15) is 0 Å². The molecule has 86 valence electrons. The molecular formula is C11H11BrFNO2. The van der Waals surface area contributed by atoms with Crippen LogP contribution in [0.25, 0.3) is 6.08 Å². The van der Waals surface area contributed by atoms with Crippen LogP contribution in [0.1, 0.15) is 12.5 Å². The van der Waals surface area contributed by atoms with Crippen molar-refractivity contribution < 1.29 is 14.3 Å². The van der Waals surface area contributed by atoms with E-state index in [0.717, 1.165) is 0 Å². The van der Waals surface area contributed by atoms with Gasteiger partial charge in [-0.25, -0.2) is 4.39 Å². The number of hydrogen-bond acceptors (Lipinski definition) is 2. The van der Waals surface area contributed by atoms with Crippen molar-refractivity contribution in [2.24, 2.45) is 0 Å². The second kappa shape index (κ2) is 5.65. The summed E-state index contributed by atoms with van der Waals surface area (Å²) in [6.45, 7) is 1.74. The van der Waals surface area contributed by atoms with Gasteiger partial charge in [0, 0.05) is 23.5 Å². The molecular weight excluding hydrogens is 277 g/mol. The summed E-state index contributed by atoms with van der Waals surface area (Å²) in [5.41, 5.74) is 0.359. The van der Waals surface area contributed by atoms with E-state index < -0.39 is 11.6 Å². The second-order valence-corrected chi connectivity index (χ2v) is 4.08. The molecule has 0 fully saturated rings. The molecule has 0 aliphatic heterocycles. The van der Waals surface area contributed by atoms with Crippen LogP contribution < -0.4 is 5.32 Å². The molecule has 1 aromatic carbocycles. The van der Waals surface area contributed by atoms with Crippen LogP contribution in [-0.2, 0) is 4.79 Å². The standard InChI is InChI=1S/C11H11BrFNO2/c1-7(15)14-4-2-3-8-5-9(12)6-10(13)11(8)16/h2-3,5-6,16H,4H2,1H3,(H,14,15). The Hall–Kier alpha value is -1.36. The summed E-state index contributed by atoms with van der Waals surface area (Å²) in [4.78, 5) is 10.6. The van der Waals surface area contributed by atoms with Crippen molar-refractivity contribution in [1.29, 1.82) is 0 Å². The number of carbonyl (C=O) groups excluding carboxylic acids is 1. The van der Waals surface area contributed by atoms with Gasteiger partial charge in [-0.3, -0.25) is 4.79 Å². The van der Waals surface area contributed by atoms with E-state index in [9.17, 15) is 14.3 Å². The molecule has 0 aliphatic carbocycles. The summed E-state index contributed by atoms with van der Waals surface area (Å²) in [6.07, 6.45) is 3.17. The maximum absolute atomic E-state index is 13.1. The van der Waals surface area contributed by atoms with Gasteiger partial charge in [0.05, 0.1) is 0 Å². The van der Waals surface area contributed by atoms with E-state index in [1.807, 2.05) is 0 Å². The lowest BCUT2D eigenvalue weighted by Crippen LogP contribution is -2.19. The van der Waals surface area contributed by atoms with Crippen LogP contribution in [0.15, 0.2) is 22.7 Å². The summed E-state index contributed by atoms with van der Waals surface area (Å²) < 4.78 is 13.6. The van der Waals surface area contributed by atoms with Crippen LogP contribution in [0, 0.1) is 5.82 Å². The monoisotopic (exact) mass is 287 g/mol. The van der Waals surface area contributed by atoms with Gasteiger partial charge in [0.2, 0.25) is 5.91 Å². The van der Waals surface area contributed by atoms with Gasteiger partial charge in [-0.05, 0) is 12.1 Å². The third-order valence-electron chi connectivity index (χ3n) is 1.82. The maximum atomic E-state index is 13.1. The molecule has 0 heterocycles. The number of rotatable bonds is 3. The smallest absolute Gasteiger partial charge is 0.217 e. The fourth-order valence-corrected chi connectivity index (χ4v) is 1.55. The van der Waals surface area contributed by atoms with Gasteiger partial charge in [-0.1, -0.05) is 28.1 Å². The van der Waals surface area contributed by atoms with Crippen LogP contribution in [0.3, 0.4) is 0 Å². The first-order chi connectivity index (χ1) is 7.50. The average molecular weight is 288 g/mol. The Labute approximate surface area is 101 Å². The van der Waals surface area contributed by atoms with Crippen molar-refractivity contribution in [1.82, 2.24) is 5.32 Å². The number of nitrogens with one attached hydrogen (secondary N) is 1. The molecule has 1 amide bonds. The molecule has 0 bridgehead atoms. The maximum Gasteiger partial charge on any atom is 0.217 e. The van der Waals surface area contributed by atoms with Crippen LogP contribution in [0.4, 0.5) is 4.39 Å². The summed E-state index contributed by atoms with van der Waals surface area (Å²) in [7, 11) is 0. The second-order valence-electron chi connectivity index (χ2n) is 3.16. The van der Waals surface area contributed by atoms with E-state index in [4.69, 9.17) is 0 Å². The number of benzene rings is 1. The number of halogens is 2. The first kappa shape index (κ1) is 12.7. The normalized spacial score (nSPS) is 10.7. The molecule has 3 nitrogen and oxygen atoms in total. The molecule has 0 atom stereocenters. The van der Waals surface area contributed by atoms with Crippen LogP contribution in [0.5, 0.6) is 5.75 Å². The highest BCUT2D eigenvalue weighted by Crippen LogP contribution is 2.26. The van der Waals surface area contributed by atoms with Crippen molar-refractivity contribution in [2.45, 2.75) is 6.92 Å². The predicted octanol–water partition coefficient (Wildman–Crippen LogP) is 2.44. The zero-order chi connectivity index (χ0) is 12.1. The Morgan fingerprint density at radius 1 is 1.62 bits per heavy atom. The summed E-state index contributed by atoms with van der Waals surface area (Å²) in [5.74, 6) is -1.23. The van der Waals surface area contributed by atoms with E-state index in [1.165, 1.54) is 13.0 Å². The minimum absolute atomic E-state index is 0.144. The number of hydrogen-bond donors (Lipinski definition) is 2. The molecule has 0 unspecified atom stereocenters. The summed E-state index contributed by atoms with van der Waals surface area (Å²) >= 11 is 3.12. The molecule has 0 radical (unpaired) electrons. The lowest BCUT2D eigenvalue weighted by atomic mass is 10.2. The zero-order valence-electron chi connectivity index (χ0n) is 8.63. The highest BCUT2D eigenvalue weighted by atomic mass is 79.9. The number of aromatic hydroxyl groups is 1. The Bertz CT molecular complexity index is 432. The number of carbonyl (C=O) groups is 1. The summed E-state index contributed by atoms with van der Waals surface area (Å²) in [6, 6.07) is 2.77. The van der Waals surface area contributed by atoms with Gasteiger partial charge in [-0.15, -0.1) is 0 Å². The van der Waals surface area contributed by atoms with Crippen molar-refractivity contribution in [3.8, 4) is 5.75 Å². The van der Waals surface area contributed by atoms with Crippen molar-refractivity contribution in [3.05, 3.63) is 34.1 Å². The Morgan fingerprint density at radius 2 is 2.31 bits per heavy atom. The minimum atomic E-state index is -0.687. The highest BCUT2D eigenvalue weighted by molar-refractivity contribution is 9.10. The van der Waals surface area contributed by atoms with Crippen LogP contribution in [-0.4, -0.2) is 17.6 Å². The molecule has 0 aromatic heterocycles. The van der Waals surface area contributed by atoms with Gasteiger partial charge >= 0.3 is 0 Å². The van der Waals surface area contributed by atoms with Crippen molar-refractivity contribution in [3.63, 3.8) is 0 Å². The summed E-state index contributed by atoms with van der Waals surface area (Å²) in [5, 5.41) is 11.9. The third-order valence-corrected chi connectivity index (χ3v) is 2.28. The molecule has 1 rings (SSSR count). The molecule has 16 heavy (non-hydrogen) atoms. The largest absolute Gasteiger partial charge is 0.504 e. The average Bonchev–Trinajstić information content (AvgIpc) is 2.19. The van der Waals surface area contributed by atoms with E-state index in [-0.39, 0.29) is 5.91 Å². The lowest BCUT2D eigenvalue weighted by Gasteiger charge is -2.02. The fraction of sp³-hybridized carbons (Fsp3) is 0.182. The van der Waals surface area contributed by atoms with E-state index in [1.54, 1.807) is 18.2 Å². The zero-order valence-corrected chi connectivity index (χ0v) is 10.2. The number of phenols is 1. The molecule has 2 N–H and O–H groups in total. The van der Waals surface area contributed by atoms with Crippen LogP contribution >= 0.6 is 15.9 Å². The van der Waals surface area contributed by atoms with Crippen molar-refractivity contribution >= 4 is 27.9 Å². The lowest BCUT2D eigenvalue weighted by molar-refractivity contribution is -0.118. The van der Waals surface area contributed by atoms with Crippen molar-refractivity contribution in [2.75, 3.05) is 6.54 Å². The Balaban J connectivity index is 2.77. The molecule has 1 aromatic rings. The van der Waals surface area contributed by atoms with Gasteiger partial charge < -0.3 is 10.4 Å². The quantitative estimate of drug-likeness (QED) is 0.897. The minimum Gasteiger partial charge on any atom is -0.504 e. The molecule has 0 spiro atoms. The van der Waals surface area contributed by atoms with Gasteiger partial charge in [0.1, 0.15) is 0 Å². The van der Waals surface area contributed by atoms with Gasteiger partial charge in [0.25, 0.3) is 0 Å². The molecule has 0 saturated carbocycles. The molecule has 0 aliphatic rings. The molecule has 5 heteroatoms. The Kier molecular flexibility index (Phi) is 4.49. The fourth-order valence-electron chi connectivity index (χ4n) is 1.10. The van der Waals surface area contributed by atoms with E-state index in [2.05, 4.69) is 21.2 Å². The number of phenolic OH excluding ortho intramolecular Hbond substituents is 1. The Morgan fingerprint density at radius 3 is 2.94 bits per heavy atom. The SMILES string of the molecule is CC(=O)NCC=Cc1cc(Br)cc(F)c1O. The van der Waals surface area contributed by atoms with E-state index in [0.29, 0.717) is 16.6 Å². The first-order valence-corrected chi connectivity index (χ1v) is 5.39. The van der Waals surface area contributed by atoms with Crippen LogP contribution in [0.2, 0.25) is 0 Å². The van der Waals surface area contributed by atoms with Gasteiger partial charge in [0.15, 0.2) is 11.6 Å². The molecule has 0 saturated heterocycles.